The van der Waals surface area contributed by atoms with Gasteiger partial charge in [-0.2, -0.15) is 0 Å². The van der Waals surface area contributed by atoms with Gasteiger partial charge in [0.2, 0.25) is 0 Å². The molecule has 3 aromatic heterocycles. The Morgan fingerprint density at radius 3 is 2.83 bits per heavy atom. The number of methoxy groups -OCH3 is 1. The number of hydrogen-bond donors (Lipinski definition) is 0. The number of nitrogens with zero attached hydrogens (tertiary/aromatic N) is 3. The molecule has 1 aliphatic rings. The van der Waals surface area contributed by atoms with E-state index < -0.39 is 0 Å². The highest BCUT2D eigenvalue weighted by molar-refractivity contribution is 7.18. The first-order valence-corrected chi connectivity index (χ1v) is 10.9. The van der Waals surface area contributed by atoms with Crippen LogP contribution in [0.4, 0.5) is 0 Å². The van der Waals surface area contributed by atoms with Crippen LogP contribution in [0.2, 0.25) is 0 Å². The van der Waals surface area contributed by atoms with Crippen molar-refractivity contribution in [1.82, 2.24) is 14.1 Å². The maximum Gasteiger partial charge on any atom is 0.262 e. The van der Waals surface area contributed by atoms with E-state index in [4.69, 9.17) is 4.74 Å². The SMILES string of the molecule is COCC(C)n1c(C)cc(C(=O)Cn2cnc3sc4c(c3c2=O)CCCC4)c1C. The minimum absolute atomic E-state index is 0.00927. The van der Waals surface area contributed by atoms with Crippen LogP contribution in [0.15, 0.2) is 17.2 Å². The third kappa shape index (κ3) is 3.46. The summed E-state index contributed by atoms with van der Waals surface area (Å²) in [5, 5.41) is 0.721. The number of thiophene rings is 1. The molecular weight excluding hydrogens is 386 g/mol. The second kappa shape index (κ2) is 7.88. The second-order valence-electron chi connectivity index (χ2n) is 7.95. The maximum absolute atomic E-state index is 13.1. The van der Waals surface area contributed by atoms with Crippen LogP contribution in [0.5, 0.6) is 0 Å². The predicted molar refractivity (Wildman–Crippen MR) is 115 cm³/mol. The molecule has 0 fully saturated rings. The summed E-state index contributed by atoms with van der Waals surface area (Å²) in [5.41, 5.74) is 3.64. The first-order chi connectivity index (χ1) is 13.9. The lowest BCUT2D eigenvalue weighted by Gasteiger charge is -2.17. The van der Waals surface area contributed by atoms with E-state index >= 15 is 0 Å². The Bertz CT molecular complexity index is 1140. The molecule has 3 heterocycles. The van der Waals surface area contributed by atoms with Crippen LogP contribution in [-0.2, 0) is 24.1 Å². The quantitative estimate of drug-likeness (QED) is 0.576. The molecular formula is C22H27N3O3S. The Labute approximate surface area is 174 Å². The summed E-state index contributed by atoms with van der Waals surface area (Å²) in [6.45, 7) is 6.60. The lowest BCUT2D eigenvalue weighted by molar-refractivity contribution is 0.0969. The van der Waals surface area contributed by atoms with Gasteiger partial charge in [-0.15, -0.1) is 11.3 Å². The van der Waals surface area contributed by atoms with Crippen LogP contribution in [-0.4, -0.2) is 33.6 Å². The van der Waals surface area contributed by atoms with Crippen molar-refractivity contribution in [2.45, 2.75) is 59.0 Å². The highest BCUT2D eigenvalue weighted by Gasteiger charge is 2.22. The van der Waals surface area contributed by atoms with E-state index in [1.54, 1.807) is 18.4 Å². The average Bonchev–Trinajstić information content (AvgIpc) is 3.21. The Morgan fingerprint density at radius 1 is 1.31 bits per heavy atom. The Balaban J connectivity index is 1.67. The molecule has 1 atom stereocenters. The molecule has 4 rings (SSSR count). The van der Waals surface area contributed by atoms with Crippen molar-refractivity contribution in [2.75, 3.05) is 13.7 Å². The highest BCUT2D eigenvalue weighted by Crippen LogP contribution is 2.33. The van der Waals surface area contributed by atoms with E-state index in [1.807, 2.05) is 19.9 Å². The molecule has 0 saturated heterocycles. The van der Waals surface area contributed by atoms with Crippen molar-refractivity contribution in [2.24, 2.45) is 0 Å². The second-order valence-corrected chi connectivity index (χ2v) is 9.03. The first-order valence-electron chi connectivity index (χ1n) is 10.1. The molecule has 0 N–H and O–H groups in total. The summed E-state index contributed by atoms with van der Waals surface area (Å²) >= 11 is 1.63. The van der Waals surface area contributed by atoms with Crippen LogP contribution in [0, 0.1) is 13.8 Å². The molecule has 29 heavy (non-hydrogen) atoms. The monoisotopic (exact) mass is 413 g/mol. The normalized spacial score (nSPS) is 14.9. The molecule has 1 aliphatic carbocycles. The standard InChI is InChI=1S/C22H27N3O3S/c1-13-9-17(15(3)25(13)14(2)11-28-4)18(26)10-24-12-23-21-20(22(24)27)16-7-5-6-8-19(16)29-21/h9,12,14H,5-8,10-11H2,1-4H3. The summed E-state index contributed by atoms with van der Waals surface area (Å²) in [4.78, 5) is 32.8. The summed E-state index contributed by atoms with van der Waals surface area (Å²) in [7, 11) is 1.68. The molecule has 0 aliphatic heterocycles. The fourth-order valence-electron chi connectivity index (χ4n) is 4.59. The summed E-state index contributed by atoms with van der Waals surface area (Å²) in [6.07, 6.45) is 5.77. The minimum Gasteiger partial charge on any atom is -0.383 e. The molecule has 0 radical (unpaired) electrons. The van der Waals surface area contributed by atoms with Crippen LogP contribution < -0.4 is 5.56 Å². The van der Waals surface area contributed by atoms with Gasteiger partial charge in [-0.3, -0.25) is 14.2 Å². The topological polar surface area (TPSA) is 66.1 Å². The number of ketones is 1. The van der Waals surface area contributed by atoms with E-state index in [2.05, 4.69) is 16.5 Å². The number of Topliss-reactive ketones (excluding diaryl/α,β-unsaturated/α-hetero) is 1. The van der Waals surface area contributed by atoms with Gasteiger partial charge < -0.3 is 9.30 Å². The van der Waals surface area contributed by atoms with Crippen molar-refractivity contribution < 1.29 is 9.53 Å². The van der Waals surface area contributed by atoms with Gasteiger partial charge in [0.25, 0.3) is 5.56 Å². The smallest absolute Gasteiger partial charge is 0.262 e. The van der Waals surface area contributed by atoms with Crippen molar-refractivity contribution >= 4 is 27.3 Å². The zero-order valence-electron chi connectivity index (χ0n) is 17.4. The van der Waals surface area contributed by atoms with E-state index in [9.17, 15) is 9.59 Å². The number of fused-ring (bicyclic) bond motifs is 3. The third-order valence-electron chi connectivity index (χ3n) is 5.89. The average molecular weight is 414 g/mol. The number of aryl methyl sites for hydroxylation is 3. The van der Waals surface area contributed by atoms with Gasteiger partial charge in [0.05, 0.1) is 30.9 Å². The molecule has 6 nitrogen and oxygen atoms in total. The van der Waals surface area contributed by atoms with Crippen LogP contribution in [0.3, 0.4) is 0 Å². The lowest BCUT2D eigenvalue weighted by Crippen LogP contribution is -2.25. The molecule has 7 heteroatoms. The zero-order valence-corrected chi connectivity index (χ0v) is 18.3. The third-order valence-corrected chi connectivity index (χ3v) is 7.09. The summed E-state index contributed by atoms with van der Waals surface area (Å²) in [5.74, 6) is -0.0682. The first kappa shape index (κ1) is 20.0. The predicted octanol–water partition coefficient (Wildman–Crippen LogP) is 3.85. The molecule has 1 unspecified atom stereocenters. The fraction of sp³-hybridized carbons (Fsp3) is 0.500. The van der Waals surface area contributed by atoms with Crippen molar-refractivity contribution in [3.05, 3.63) is 50.1 Å². The fourth-order valence-corrected chi connectivity index (χ4v) is 5.81. The number of hydrogen-bond acceptors (Lipinski definition) is 5. The molecule has 0 bridgehead atoms. The van der Waals surface area contributed by atoms with Gasteiger partial charge in [-0.25, -0.2) is 4.98 Å². The van der Waals surface area contributed by atoms with Gasteiger partial charge in [0, 0.05) is 28.9 Å². The van der Waals surface area contributed by atoms with Gasteiger partial charge in [0.15, 0.2) is 5.78 Å². The number of aromatic nitrogens is 3. The Morgan fingerprint density at radius 2 is 2.07 bits per heavy atom. The van der Waals surface area contributed by atoms with Crippen molar-refractivity contribution in [3.63, 3.8) is 0 Å². The molecule has 0 saturated carbocycles. The molecule has 0 amide bonds. The summed E-state index contributed by atoms with van der Waals surface area (Å²) < 4.78 is 8.86. The molecule has 3 aromatic rings. The number of carbonyl (C=O) groups excluding carboxylic acids is 1. The van der Waals surface area contributed by atoms with Gasteiger partial charge in [0.1, 0.15) is 4.83 Å². The van der Waals surface area contributed by atoms with Crippen LogP contribution in [0.25, 0.3) is 10.2 Å². The lowest BCUT2D eigenvalue weighted by atomic mass is 9.97. The Hall–Kier alpha value is -2.25. The van der Waals surface area contributed by atoms with Gasteiger partial charge in [-0.05, 0) is 58.1 Å². The van der Waals surface area contributed by atoms with Crippen molar-refractivity contribution in [3.8, 4) is 0 Å². The molecule has 0 spiro atoms. The van der Waals surface area contributed by atoms with E-state index in [-0.39, 0.29) is 23.9 Å². The summed E-state index contributed by atoms with van der Waals surface area (Å²) in [6, 6.07) is 2.05. The van der Waals surface area contributed by atoms with E-state index in [0.717, 1.165) is 46.4 Å². The van der Waals surface area contributed by atoms with E-state index in [0.29, 0.717) is 12.2 Å². The Kier molecular flexibility index (Phi) is 5.44. The largest absolute Gasteiger partial charge is 0.383 e. The van der Waals surface area contributed by atoms with Gasteiger partial charge >= 0.3 is 0 Å². The maximum atomic E-state index is 13.1. The number of rotatable bonds is 6. The minimum atomic E-state index is -0.0932. The molecule has 154 valence electrons. The van der Waals surface area contributed by atoms with Crippen molar-refractivity contribution in [1.29, 1.82) is 0 Å². The number of ether oxygens (including phenoxy) is 1. The van der Waals surface area contributed by atoms with E-state index in [1.165, 1.54) is 22.2 Å². The highest BCUT2D eigenvalue weighted by atomic mass is 32.1. The van der Waals surface area contributed by atoms with Gasteiger partial charge in [-0.1, -0.05) is 0 Å². The van der Waals surface area contributed by atoms with Crippen LogP contribution >= 0.6 is 11.3 Å². The van der Waals surface area contributed by atoms with Crippen LogP contribution in [0.1, 0.15) is 58.0 Å². The molecule has 0 aromatic carbocycles. The zero-order chi connectivity index (χ0) is 20.7. The number of carbonyl (C=O) groups is 1.